The molecule has 0 aromatic heterocycles. The zero-order valence-electron chi connectivity index (χ0n) is 21.2. The summed E-state index contributed by atoms with van der Waals surface area (Å²) in [4.78, 5) is 49.7. The number of ether oxygens (including phenoxy) is 2. The first-order valence-electron chi connectivity index (χ1n) is 12.0. The van der Waals surface area contributed by atoms with Gasteiger partial charge in [-0.15, -0.1) is 0 Å². The molecular formula is C30H21Cl2N3O6. The Balaban J connectivity index is 1.44. The molecule has 0 aliphatic heterocycles. The molecule has 0 bridgehead atoms. The lowest BCUT2D eigenvalue weighted by atomic mass is 10.2. The molecule has 4 rings (SSSR count). The van der Waals surface area contributed by atoms with E-state index in [-0.39, 0.29) is 28.6 Å². The van der Waals surface area contributed by atoms with Crippen LogP contribution in [0.4, 0.5) is 0 Å². The number of hydrogen-bond acceptors (Lipinski definition) is 7. The maximum absolute atomic E-state index is 12.7. The average Bonchev–Trinajstić information content (AvgIpc) is 2.99. The molecule has 4 aromatic rings. The zero-order chi connectivity index (χ0) is 29.2. The second kappa shape index (κ2) is 13.9. The second-order valence-corrected chi connectivity index (χ2v) is 9.13. The number of halogens is 2. The first-order chi connectivity index (χ1) is 19.8. The third kappa shape index (κ3) is 8.25. The monoisotopic (exact) mass is 589 g/mol. The maximum atomic E-state index is 12.7. The molecule has 0 saturated heterocycles. The first-order valence-corrected chi connectivity index (χ1v) is 12.8. The Hall–Kier alpha value is -4.99. The van der Waals surface area contributed by atoms with Crippen molar-refractivity contribution < 1.29 is 28.7 Å². The topological polar surface area (TPSA) is 123 Å². The normalized spacial score (nSPS) is 10.6. The van der Waals surface area contributed by atoms with Crippen molar-refractivity contribution in [3.63, 3.8) is 0 Å². The molecule has 2 amide bonds. The molecule has 0 aliphatic rings. The van der Waals surface area contributed by atoms with Crippen LogP contribution in [0, 0.1) is 0 Å². The summed E-state index contributed by atoms with van der Waals surface area (Å²) < 4.78 is 11.0. The average molecular weight is 590 g/mol. The van der Waals surface area contributed by atoms with Crippen LogP contribution in [-0.2, 0) is 4.79 Å². The van der Waals surface area contributed by atoms with Crippen molar-refractivity contribution in [3.05, 3.63) is 129 Å². The standard InChI is InChI=1S/C30H21Cl2N3O6/c31-24-14-12-21(15-25(24)32)28(37)33-18-27(36)35-34-17-22-11-13-23(40-29(38)19-7-3-1-4-8-19)16-26(22)41-30(39)20-9-5-2-6-10-20/h1-17H,18H2,(H,33,37)(H,35,36)/b34-17+. The van der Waals surface area contributed by atoms with Crippen molar-refractivity contribution in [1.82, 2.24) is 10.7 Å². The summed E-state index contributed by atoms with van der Waals surface area (Å²) in [6.45, 7) is -0.374. The largest absolute Gasteiger partial charge is 0.423 e. The second-order valence-electron chi connectivity index (χ2n) is 8.32. The van der Waals surface area contributed by atoms with Gasteiger partial charge >= 0.3 is 11.9 Å². The van der Waals surface area contributed by atoms with Gasteiger partial charge in [-0.3, -0.25) is 9.59 Å². The quantitative estimate of drug-likeness (QED) is 0.118. The highest BCUT2D eigenvalue weighted by Crippen LogP contribution is 2.26. The van der Waals surface area contributed by atoms with Gasteiger partial charge in [0.1, 0.15) is 11.5 Å². The Morgan fingerprint density at radius 2 is 1.34 bits per heavy atom. The zero-order valence-corrected chi connectivity index (χ0v) is 22.7. The highest BCUT2D eigenvalue weighted by Gasteiger charge is 2.15. The number of rotatable bonds is 9. The van der Waals surface area contributed by atoms with Crippen molar-refractivity contribution in [1.29, 1.82) is 0 Å². The minimum absolute atomic E-state index is 0.0307. The van der Waals surface area contributed by atoms with Crippen LogP contribution < -0.4 is 20.2 Å². The van der Waals surface area contributed by atoms with E-state index < -0.39 is 23.8 Å². The number of nitrogens with one attached hydrogen (secondary N) is 2. The summed E-state index contributed by atoms with van der Waals surface area (Å²) in [6.07, 6.45) is 1.25. The molecule has 4 aromatic carbocycles. The van der Waals surface area contributed by atoms with Crippen molar-refractivity contribution in [3.8, 4) is 11.5 Å². The Bertz CT molecular complexity index is 1610. The minimum Gasteiger partial charge on any atom is -0.423 e. The molecule has 206 valence electrons. The van der Waals surface area contributed by atoms with Crippen LogP contribution in [0.15, 0.2) is 102 Å². The number of hydrazone groups is 1. The maximum Gasteiger partial charge on any atom is 0.343 e. The number of carbonyl (C=O) groups excluding carboxylic acids is 4. The van der Waals surface area contributed by atoms with Crippen molar-refractivity contribution in [2.75, 3.05) is 6.54 Å². The van der Waals surface area contributed by atoms with E-state index in [2.05, 4.69) is 15.8 Å². The van der Waals surface area contributed by atoms with E-state index >= 15 is 0 Å². The molecule has 0 saturated carbocycles. The number of hydrogen-bond donors (Lipinski definition) is 2. The van der Waals surface area contributed by atoms with E-state index in [4.69, 9.17) is 32.7 Å². The van der Waals surface area contributed by atoms with Gasteiger partial charge in [-0.25, -0.2) is 15.0 Å². The molecule has 9 nitrogen and oxygen atoms in total. The minimum atomic E-state index is -0.652. The van der Waals surface area contributed by atoms with Gasteiger partial charge in [-0.2, -0.15) is 5.10 Å². The summed E-state index contributed by atoms with van der Waals surface area (Å²) >= 11 is 11.8. The van der Waals surface area contributed by atoms with Crippen LogP contribution in [0.3, 0.4) is 0 Å². The SMILES string of the molecule is O=C(CNC(=O)c1ccc(Cl)c(Cl)c1)N/N=C/c1ccc(OC(=O)c2ccccc2)cc1OC(=O)c1ccccc1. The van der Waals surface area contributed by atoms with Crippen LogP contribution in [-0.4, -0.2) is 36.5 Å². The number of benzene rings is 4. The highest BCUT2D eigenvalue weighted by molar-refractivity contribution is 6.42. The van der Waals surface area contributed by atoms with E-state index in [0.717, 1.165) is 0 Å². The van der Waals surface area contributed by atoms with Crippen molar-refractivity contribution in [2.45, 2.75) is 0 Å². The van der Waals surface area contributed by atoms with Crippen LogP contribution in [0.5, 0.6) is 11.5 Å². The van der Waals surface area contributed by atoms with Crippen LogP contribution in [0.1, 0.15) is 36.6 Å². The third-order valence-corrected chi connectivity index (χ3v) is 6.14. The lowest BCUT2D eigenvalue weighted by Gasteiger charge is -2.10. The van der Waals surface area contributed by atoms with Crippen LogP contribution in [0.2, 0.25) is 10.0 Å². The highest BCUT2D eigenvalue weighted by atomic mass is 35.5. The number of esters is 2. The molecule has 11 heteroatoms. The predicted molar refractivity (Wildman–Crippen MR) is 154 cm³/mol. The fourth-order valence-corrected chi connectivity index (χ4v) is 3.66. The van der Waals surface area contributed by atoms with Crippen molar-refractivity contribution in [2.24, 2.45) is 5.10 Å². The van der Waals surface area contributed by atoms with Crippen molar-refractivity contribution >= 4 is 53.2 Å². The summed E-state index contributed by atoms with van der Waals surface area (Å²) in [5, 5.41) is 6.83. The molecule has 0 atom stereocenters. The fraction of sp³-hybridized carbons (Fsp3) is 0.0333. The third-order valence-electron chi connectivity index (χ3n) is 5.40. The Morgan fingerprint density at radius 3 is 1.98 bits per heavy atom. The predicted octanol–water partition coefficient (Wildman–Crippen LogP) is 5.31. The Labute approximate surface area is 244 Å². The first kappa shape index (κ1) is 29.0. The van der Waals surface area contributed by atoms with E-state index in [9.17, 15) is 19.2 Å². The molecule has 2 N–H and O–H groups in total. The van der Waals surface area contributed by atoms with Crippen LogP contribution >= 0.6 is 23.2 Å². The molecule has 0 spiro atoms. The molecule has 0 fully saturated rings. The Kier molecular flexibility index (Phi) is 9.82. The van der Waals surface area contributed by atoms with Gasteiger partial charge < -0.3 is 14.8 Å². The molecule has 41 heavy (non-hydrogen) atoms. The Morgan fingerprint density at radius 1 is 0.707 bits per heavy atom. The van der Waals surface area contributed by atoms with E-state index in [1.165, 1.54) is 42.6 Å². The number of amides is 2. The van der Waals surface area contributed by atoms with Gasteiger partial charge in [0.15, 0.2) is 0 Å². The lowest BCUT2D eigenvalue weighted by Crippen LogP contribution is -2.34. The summed E-state index contributed by atoms with van der Waals surface area (Å²) in [6, 6.07) is 25.4. The van der Waals surface area contributed by atoms with E-state index in [0.29, 0.717) is 21.7 Å². The number of nitrogens with zero attached hydrogens (tertiary/aromatic N) is 1. The van der Waals surface area contributed by atoms with Gasteiger partial charge in [0, 0.05) is 17.2 Å². The molecule has 0 heterocycles. The molecule has 0 aliphatic carbocycles. The smallest absolute Gasteiger partial charge is 0.343 e. The van der Waals surface area contributed by atoms with E-state index in [1.807, 2.05) is 0 Å². The summed E-state index contributed by atoms with van der Waals surface area (Å²) in [7, 11) is 0. The van der Waals surface area contributed by atoms with E-state index in [1.54, 1.807) is 60.7 Å². The van der Waals surface area contributed by atoms with Crippen LogP contribution in [0.25, 0.3) is 0 Å². The lowest BCUT2D eigenvalue weighted by molar-refractivity contribution is -0.120. The van der Waals surface area contributed by atoms with Gasteiger partial charge in [0.25, 0.3) is 11.8 Å². The van der Waals surface area contributed by atoms with Gasteiger partial charge in [-0.05, 0) is 54.6 Å². The summed E-state index contributed by atoms with van der Waals surface area (Å²) in [5.74, 6) is -2.24. The van der Waals surface area contributed by atoms with Gasteiger partial charge in [0.05, 0.1) is 33.9 Å². The molecular weight excluding hydrogens is 569 g/mol. The number of carbonyl (C=O) groups is 4. The van der Waals surface area contributed by atoms with Gasteiger partial charge in [0.2, 0.25) is 0 Å². The molecule has 0 unspecified atom stereocenters. The van der Waals surface area contributed by atoms with Gasteiger partial charge in [-0.1, -0.05) is 59.6 Å². The molecule has 0 radical (unpaired) electrons. The fourth-order valence-electron chi connectivity index (χ4n) is 3.36. The summed E-state index contributed by atoms with van der Waals surface area (Å²) in [5.41, 5.74) is 3.45.